The van der Waals surface area contributed by atoms with Gasteiger partial charge >= 0.3 is 11.8 Å². The first-order valence-corrected chi connectivity index (χ1v) is 8.31. The molecule has 0 spiro atoms. The molecule has 140 valence electrons. The Morgan fingerprint density at radius 2 is 2.12 bits per heavy atom. The summed E-state index contributed by atoms with van der Waals surface area (Å²) in [4.78, 5) is 17.3. The summed E-state index contributed by atoms with van der Waals surface area (Å²) >= 11 is 0. The van der Waals surface area contributed by atoms with Crippen LogP contribution in [0.25, 0.3) is 0 Å². The molecule has 0 atom stereocenters. The zero-order valence-corrected chi connectivity index (χ0v) is 15.3. The summed E-state index contributed by atoms with van der Waals surface area (Å²) in [5.74, 6) is 0. The number of nitrogens with two attached hydrogens (primary N) is 2. The number of hydrogen-bond donors (Lipinski definition) is 4. The van der Waals surface area contributed by atoms with Gasteiger partial charge in [-0.05, 0) is 31.1 Å². The second-order valence-electron chi connectivity index (χ2n) is 5.85. The quantitative estimate of drug-likeness (QED) is 0.343. The molecule has 0 unspecified atom stereocenters. The van der Waals surface area contributed by atoms with Gasteiger partial charge in [0.15, 0.2) is 0 Å². The number of alkyl carbamates (subject to hydrolysis) is 1. The number of nitrogens with one attached hydrogen (secondary N) is 1. The van der Waals surface area contributed by atoms with Crippen LogP contribution in [0.5, 0.6) is 0 Å². The van der Waals surface area contributed by atoms with E-state index in [0.29, 0.717) is 23.5 Å². The molecule has 0 aliphatic heterocycles. The van der Waals surface area contributed by atoms with E-state index in [0.717, 1.165) is 22.3 Å². The summed E-state index contributed by atoms with van der Waals surface area (Å²) in [6, 6.07) is 3.84. The van der Waals surface area contributed by atoms with Gasteiger partial charge < -0.3 is 10.5 Å². The molecule has 0 fully saturated rings. The molecule has 0 aromatic heterocycles. The van der Waals surface area contributed by atoms with Crippen LogP contribution in [0.1, 0.15) is 17.5 Å². The van der Waals surface area contributed by atoms with E-state index in [1.165, 1.54) is 0 Å². The molecule has 0 heterocycles. The average Bonchev–Trinajstić information content (AvgIpc) is 2.63. The monoisotopic (exact) mass is 362 g/mol. The maximum atomic E-state index is 11.7. The van der Waals surface area contributed by atoms with Crippen molar-refractivity contribution in [3.8, 4) is 0 Å². The number of amides is 1. The van der Waals surface area contributed by atoms with Gasteiger partial charge in [-0.3, -0.25) is 10.2 Å². The lowest BCUT2D eigenvalue weighted by Crippen LogP contribution is -2.74. The van der Waals surface area contributed by atoms with Crippen LogP contribution in [0, 0.1) is 13.8 Å². The Bertz CT molecular complexity index is 769. The van der Waals surface area contributed by atoms with Crippen molar-refractivity contribution in [1.29, 1.82) is 0 Å². The third kappa shape index (κ3) is 4.69. The predicted octanol–water partition coefficient (Wildman–Crippen LogP) is 1.06. The number of ether oxygens (including phenoxy) is 1. The highest BCUT2D eigenvalue weighted by atomic mass is 16.7. The fourth-order valence-corrected chi connectivity index (χ4v) is 2.59. The van der Waals surface area contributed by atoms with Crippen LogP contribution >= 0.6 is 0 Å². The molecule has 8 heteroatoms. The fraction of sp³-hybridized carbons (Fsp3) is 0.333. The van der Waals surface area contributed by atoms with Crippen molar-refractivity contribution in [2.75, 3.05) is 20.3 Å². The molecule has 26 heavy (non-hydrogen) atoms. The van der Waals surface area contributed by atoms with E-state index >= 15 is 0 Å². The van der Waals surface area contributed by atoms with Gasteiger partial charge in [0.05, 0.1) is 12.1 Å². The normalized spacial score (nSPS) is 15.3. The first-order valence-electron chi connectivity index (χ1n) is 8.31. The Kier molecular flexibility index (Phi) is 6.90. The first-order chi connectivity index (χ1) is 12.5. The molecule has 0 saturated heterocycles. The van der Waals surface area contributed by atoms with Crippen LogP contribution in [0.3, 0.4) is 0 Å². The Hall–Kier alpha value is -2.68. The van der Waals surface area contributed by atoms with Crippen LogP contribution in [-0.4, -0.2) is 42.0 Å². The molecule has 6 N–H and O–H groups in total. The maximum Gasteiger partial charge on any atom is 0.411 e. The first kappa shape index (κ1) is 19.6. The number of rotatable bonds is 6. The molecule has 1 aromatic rings. The highest BCUT2D eigenvalue weighted by Crippen LogP contribution is 2.26. The third-order valence-electron chi connectivity index (χ3n) is 3.99. The maximum absolute atomic E-state index is 11.7. The lowest BCUT2D eigenvalue weighted by molar-refractivity contribution is -0.830. The average molecular weight is 362 g/mol. The minimum absolute atomic E-state index is 0.155. The Morgan fingerprint density at radius 1 is 1.38 bits per heavy atom. The predicted molar refractivity (Wildman–Crippen MR) is 96.6 cm³/mol. The Labute approximate surface area is 152 Å². The molecule has 0 radical (unpaired) electrons. The van der Waals surface area contributed by atoms with Crippen molar-refractivity contribution in [1.82, 2.24) is 5.32 Å². The zero-order valence-electron chi connectivity index (χ0n) is 15.3. The van der Waals surface area contributed by atoms with Crippen molar-refractivity contribution in [2.45, 2.75) is 20.3 Å². The van der Waals surface area contributed by atoms with Crippen molar-refractivity contribution in [3.05, 3.63) is 47.2 Å². The second-order valence-corrected chi connectivity index (χ2v) is 5.85. The lowest BCUT2D eigenvalue weighted by Gasteiger charge is -2.11. The summed E-state index contributed by atoms with van der Waals surface area (Å²) in [7, 11) is 1.55. The van der Waals surface area contributed by atoms with Crippen LogP contribution < -0.4 is 16.5 Å². The molecule has 1 aromatic carbocycles. The fourth-order valence-electron chi connectivity index (χ4n) is 2.59. The summed E-state index contributed by atoms with van der Waals surface area (Å²) in [5.41, 5.74) is 11.3. The molecule has 1 amide bonds. The van der Waals surface area contributed by atoms with Crippen LogP contribution in [0.15, 0.2) is 36.1 Å². The van der Waals surface area contributed by atoms with Crippen molar-refractivity contribution >= 4 is 23.2 Å². The van der Waals surface area contributed by atoms with E-state index < -0.39 is 6.09 Å². The van der Waals surface area contributed by atoms with E-state index in [2.05, 4.69) is 5.32 Å². The van der Waals surface area contributed by atoms with Gasteiger partial charge in [-0.25, -0.2) is 10.0 Å². The number of hydrogen-bond acceptors (Lipinski definition) is 5. The van der Waals surface area contributed by atoms with Crippen molar-refractivity contribution < 1.29 is 29.8 Å². The van der Waals surface area contributed by atoms with Crippen LogP contribution in [-0.2, 0) is 9.57 Å². The molecule has 1 aliphatic carbocycles. The van der Waals surface area contributed by atoms with Crippen molar-refractivity contribution in [2.24, 2.45) is 5.73 Å². The smallest absolute Gasteiger partial charge is 0.411 e. The number of benzene rings is 1. The van der Waals surface area contributed by atoms with Gasteiger partial charge in [-0.15, -0.1) is 0 Å². The Morgan fingerprint density at radius 3 is 2.77 bits per heavy atom. The number of aryl methyl sites for hydroxylation is 2. The number of carbonyl (C=O) groups is 1. The van der Waals surface area contributed by atoms with Crippen LogP contribution in [0.2, 0.25) is 0 Å². The summed E-state index contributed by atoms with van der Waals surface area (Å²) in [6.45, 7) is 4.40. The standard InChI is InChI=1S/C18H24N4O4/c1-12-9-16(21-24)17(10-13(12)2)22(25-3)15-6-4-5-14(11-15)20-18(23)26-8-7-19/h4-5,9-11,21,24H,6-8,19H2,1-3H3/p+2. The van der Waals surface area contributed by atoms with Gasteiger partial charge in [0.1, 0.15) is 13.7 Å². The second kappa shape index (κ2) is 9.14. The molecular weight excluding hydrogens is 336 g/mol. The van der Waals surface area contributed by atoms with Gasteiger partial charge in [0.2, 0.25) is 11.4 Å². The molecule has 1 aliphatic rings. The minimum Gasteiger partial charge on any atom is -0.448 e. The zero-order chi connectivity index (χ0) is 19.1. The SMILES string of the molecule is CO/[N+](=C1\C=C(NC(=O)OCCN)C=CC1)c1cc(C)c(C)cc1[NH2+]O. The minimum atomic E-state index is -0.563. The molecule has 0 bridgehead atoms. The number of nitrogens with zero attached hydrogens (tertiary/aromatic N) is 1. The van der Waals surface area contributed by atoms with Crippen molar-refractivity contribution in [3.63, 3.8) is 0 Å². The van der Waals surface area contributed by atoms with E-state index in [9.17, 15) is 10.0 Å². The Balaban J connectivity index is 2.38. The summed E-state index contributed by atoms with van der Waals surface area (Å²) in [6.07, 6.45) is 5.54. The molecular formula is C18H26N4O4+2. The van der Waals surface area contributed by atoms with Gasteiger partial charge in [-0.2, -0.15) is 5.48 Å². The van der Waals surface area contributed by atoms with E-state index in [1.807, 2.05) is 32.1 Å². The largest absolute Gasteiger partial charge is 0.448 e. The van der Waals surface area contributed by atoms with E-state index in [-0.39, 0.29) is 13.2 Å². The van der Waals surface area contributed by atoms with E-state index in [1.54, 1.807) is 24.0 Å². The van der Waals surface area contributed by atoms with Gasteiger partial charge in [-0.1, -0.05) is 6.08 Å². The van der Waals surface area contributed by atoms with Gasteiger partial charge in [0.25, 0.3) is 0 Å². The number of quaternary nitrogens is 1. The molecule has 8 nitrogen and oxygen atoms in total. The summed E-state index contributed by atoms with van der Waals surface area (Å²) in [5, 5.41) is 12.3. The van der Waals surface area contributed by atoms with Gasteiger partial charge in [0, 0.05) is 29.5 Å². The highest BCUT2D eigenvalue weighted by molar-refractivity contribution is 5.95. The summed E-state index contributed by atoms with van der Waals surface area (Å²) < 4.78 is 6.55. The van der Waals surface area contributed by atoms with Crippen LogP contribution in [0.4, 0.5) is 16.2 Å². The third-order valence-corrected chi connectivity index (χ3v) is 3.99. The lowest BCUT2D eigenvalue weighted by atomic mass is 10.1. The topological polar surface area (TPSA) is 113 Å². The number of carbonyl (C=O) groups excluding carboxylic acids is 1. The number of allylic oxidation sites excluding steroid dienone is 3. The highest BCUT2D eigenvalue weighted by Gasteiger charge is 2.26. The van der Waals surface area contributed by atoms with E-state index in [4.69, 9.17) is 15.3 Å². The molecule has 2 rings (SSSR count). The molecule has 0 saturated carbocycles.